The summed E-state index contributed by atoms with van der Waals surface area (Å²) in [5, 5.41) is 2.59. The molecule has 1 aliphatic carbocycles. The number of nitrogens with zero attached hydrogens (tertiary/aromatic N) is 1. The molecule has 0 saturated carbocycles. The zero-order valence-electron chi connectivity index (χ0n) is 13.8. The summed E-state index contributed by atoms with van der Waals surface area (Å²) >= 11 is 0. The summed E-state index contributed by atoms with van der Waals surface area (Å²) in [6.45, 7) is 5.06. The van der Waals surface area contributed by atoms with Crippen LogP contribution >= 0.6 is 0 Å². The molecule has 0 amide bonds. The highest BCUT2D eigenvalue weighted by molar-refractivity contribution is 5.82. The van der Waals surface area contributed by atoms with Gasteiger partial charge >= 0.3 is 5.97 Å². The van der Waals surface area contributed by atoms with Crippen LogP contribution in [0.15, 0.2) is 53.8 Å². The molecule has 0 spiro atoms. The van der Waals surface area contributed by atoms with E-state index < -0.39 is 17.3 Å². The average molecular weight is 335 g/mol. The zero-order valence-corrected chi connectivity index (χ0v) is 13.8. The number of nitroso groups, excluding NO2 is 1. The molecule has 4 nitrogen and oxygen atoms in total. The topological polar surface area (TPSA) is 55.7 Å². The lowest BCUT2D eigenvalue weighted by atomic mass is 9.91. The van der Waals surface area contributed by atoms with Crippen LogP contribution in [-0.4, -0.2) is 5.97 Å². The number of carbonyl (C=O) groups is 1. The molecule has 24 heavy (non-hydrogen) atoms. The van der Waals surface area contributed by atoms with Crippen molar-refractivity contribution in [2.75, 3.05) is 0 Å². The molecule has 0 aromatic heterocycles. The summed E-state index contributed by atoms with van der Waals surface area (Å²) in [6, 6.07) is 3.76. The largest absolute Gasteiger partial charge is 0.383 e. The first kappa shape index (κ1) is 19.4. The van der Waals surface area contributed by atoms with Crippen LogP contribution in [0.5, 0.6) is 0 Å². The fourth-order valence-corrected chi connectivity index (χ4v) is 2.11. The van der Waals surface area contributed by atoms with Gasteiger partial charge in [0.2, 0.25) is 5.54 Å². The van der Waals surface area contributed by atoms with Crippen molar-refractivity contribution in [2.45, 2.75) is 32.7 Å². The fraction of sp³-hybridized carbons (Fsp3) is 0.278. The molecule has 0 N–H and O–H groups in total. The highest BCUT2D eigenvalue weighted by atomic mass is 19.3. The molecule has 0 bridgehead atoms. The van der Waals surface area contributed by atoms with E-state index in [0.717, 1.165) is 13.0 Å². The molecule has 0 radical (unpaired) electrons. The minimum Gasteiger partial charge on any atom is -0.252 e. The number of rotatable bonds is 4. The Morgan fingerprint density at radius 1 is 1.29 bits per heavy atom. The summed E-state index contributed by atoms with van der Waals surface area (Å²) in [5.41, 5.74) is -1.24. The van der Waals surface area contributed by atoms with Gasteiger partial charge in [0.15, 0.2) is 0 Å². The first-order chi connectivity index (χ1) is 11.5. The van der Waals surface area contributed by atoms with Crippen LogP contribution in [0.4, 0.5) is 8.92 Å². The lowest BCUT2D eigenvalue weighted by Gasteiger charge is -2.17. The van der Waals surface area contributed by atoms with Crippen molar-refractivity contribution < 1.29 is 18.7 Å². The van der Waals surface area contributed by atoms with Crippen LogP contribution in [0, 0.1) is 10.7 Å². The molecular weight excluding hydrogens is 316 g/mol. The van der Waals surface area contributed by atoms with Gasteiger partial charge in [0.05, 0.1) is 0 Å². The van der Waals surface area contributed by atoms with Crippen LogP contribution < -0.4 is 0 Å². The molecule has 1 aliphatic rings. The van der Waals surface area contributed by atoms with Gasteiger partial charge in [0, 0.05) is 10.1 Å². The van der Waals surface area contributed by atoms with Gasteiger partial charge in [0.1, 0.15) is 5.82 Å². The van der Waals surface area contributed by atoms with Crippen molar-refractivity contribution in [3.8, 4) is 0 Å². The molecule has 0 heterocycles. The van der Waals surface area contributed by atoms with Crippen molar-refractivity contribution in [3.63, 3.8) is 0 Å². The number of hydrogen-bond donors (Lipinski definition) is 0. The van der Waals surface area contributed by atoms with Crippen LogP contribution in [0.3, 0.4) is 0 Å². The van der Waals surface area contributed by atoms with E-state index in [1.807, 2.05) is 32.1 Å². The molecule has 128 valence electrons. The molecule has 2 rings (SSSR count). The average Bonchev–Trinajstić information content (AvgIpc) is 2.91. The maximum absolute atomic E-state index is 14.3. The smallest absolute Gasteiger partial charge is 0.252 e. The van der Waals surface area contributed by atoms with E-state index in [1.54, 1.807) is 12.2 Å². The van der Waals surface area contributed by atoms with Crippen LogP contribution in [-0.2, 0) is 15.3 Å². The number of hydrogen-bond acceptors (Lipinski definition) is 4. The van der Waals surface area contributed by atoms with Crippen molar-refractivity contribution >= 4 is 11.5 Å². The van der Waals surface area contributed by atoms with Crippen LogP contribution in [0.25, 0.3) is 5.57 Å². The predicted molar refractivity (Wildman–Crippen MR) is 89.0 cm³/mol. The van der Waals surface area contributed by atoms with Gasteiger partial charge in [-0.05, 0) is 35.7 Å². The van der Waals surface area contributed by atoms with Crippen molar-refractivity contribution in [1.29, 1.82) is 0 Å². The summed E-state index contributed by atoms with van der Waals surface area (Å²) in [6.07, 6.45) is 9.79. The van der Waals surface area contributed by atoms with Crippen molar-refractivity contribution in [1.82, 2.24) is 0 Å². The van der Waals surface area contributed by atoms with Gasteiger partial charge in [-0.1, -0.05) is 56.4 Å². The van der Waals surface area contributed by atoms with Crippen LogP contribution in [0.1, 0.15) is 38.3 Å². The third-order valence-corrected chi connectivity index (χ3v) is 3.49. The van der Waals surface area contributed by atoms with Gasteiger partial charge in [-0.25, -0.2) is 9.18 Å². The molecule has 0 aliphatic heterocycles. The van der Waals surface area contributed by atoms with E-state index in [2.05, 4.69) is 10.1 Å². The maximum Gasteiger partial charge on any atom is 0.383 e. The number of allylic oxidation sites excluding steroid dienone is 6. The van der Waals surface area contributed by atoms with Gasteiger partial charge in [-0.2, -0.15) is 0 Å². The second kappa shape index (κ2) is 8.86. The van der Waals surface area contributed by atoms with Crippen molar-refractivity contribution in [2.24, 2.45) is 5.18 Å². The molecular formula is C18H19F2NO3. The lowest BCUT2D eigenvalue weighted by molar-refractivity contribution is -0.190. The number of carbonyl (C=O) groups excluding carboxylic acids is 1. The molecule has 0 fully saturated rings. The lowest BCUT2D eigenvalue weighted by Crippen LogP contribution is -2.30. The monoisotopic (exact) mass is 335 g/mol. The third kappa shape index (κ3) is 4.01. The van der Waals surface area contributed by atoms with Gasteiger partial charge in [0.25, 0.3) is 0 Å². The highest BCUT2D eigenvalue weighted by Gasteiger charge is 2.40. The van der Waals surface area contributed by atoms with Crippen molar-refractivity contribution in [3.05, 3.63) is 70.4 Å². The summed E-state index contributed by atoms with van der Waals surface area (Å²) in [7, 11) is 0. The Labute approximate surface area is 139 Å². The Hall–Kier alpha value is -2.63. The summed E-state index contributed by atoms with van der Waals surface area (Å²) < 4.78 is 26.4. The Bertz CT molecular complexity index is 696. The first-order valence-corrected chi connectivity index (χ1v) is 7.54. The van der Waals surface area contributed by atoms with Gasteiger partial charge in [-0.3, -0.25) is 4.94 Å². The van der Waals surface area contributed by atoms with Gasteiger partial charge < -0.3 is 0 Å². The number of benzene rings is 1. The molecule has 1 atom stereocenters. The van der Waals surface area contributed by atoms with E-state index in [4.69, 9.17) is 0 Å². The minimum absolute atomic E-state index is 0.0808. The predicted octanol–water partition coefficient (Wildman–Crippen LogP) is 5.16. The fourth-order valence-electron chi connectivity index (χ4n) is 2.11. The summed E-state index contributed by atoms with van der Waals surface area (Å²) in [4.78, 5) is 25.3. The molecule has 1 aromatic rings. The van der Waals surface area contributed by atoms with E-state index in [-0.39, 0.29) is 5.56 Å². The minimum atomic E-state index is -2.14. The normalized spacial score (nSPS) is 15.3. The third-order valence-electron chi connectivity index (χ3n) is 3.49. The molecule has 6 heteroatoms. The van der Waals surface area contributed by atoms with Gasteiger partial charge in [-0.15, -0.1) is 4.91 Å². The first-order valence-electron chi connectivity index (χ1n) is 7.54. The summed E-state index contributed by atoms with van der Waals surface area (Å²) in [5.74, 6) is -2.13. The Morgan fingerprint density at radius 3 is 2.58 bits per heavy atom. The molecule has 1 aromatic carbocycles. The molecule has 1 unspecified atom stereocenters. The number of halogens is 2. The van der Waals surface area contributed by atoms with Crippen LogP contribution in [0.2, 0.25) is 0 Å². The van der Waals surface area contributed by atoms with E-state index in [1.165, 1.54) is 12.1 Å². The second-order valence-corrected chi connectivity index (χ2v) is 4.91. The second-order valence-electron chi connectivity index (χ2n) is 4.91. The Morgan fingerprint density at radius 2 is 2.00 bits per heavy atom. The zero-order chi connectivity index (χ0) is 18.2. The van der Waals surface area contributed by atoms with E-state index in [9.17, 15) is 18.6 Å². The van der Waals surface area contributed by atoms with E-state index in [0.29, 0.717) is 17.6 Å². The highest BCUT2D eigenvalue weighted by Crippen LogP contribution is 2.31. The molecule has 0 saturated heterocycles. The maximum atomic E-state index is 14.3. The van der Waals surface area contributed by atoms with E-state index >= 15 is 0 Å². The Balaban J connectivity index is 0.00000139. The SMILES string of the molecule is CC.CC(N=O)(C(=O)OF)c1ccc(C2=CCC=CC=C2)c(F)c1. The standard InChI is InChI=1S/C16H13F2NO3.C2H6/c1-16(19-21,15(20)22-18)12-8-9-13(14(17)10-12)11-6-4-2-3-5-7-11;1-2/h2-4,6-10H,5H2,1H3;1-2H3. The quantitative estimate of drug-likeness (QED) is 0.714. The Kier molecular flexibility index (Phi) is 7.17.